The molecule has 2 rings (SSSR count). The third-order valence-electron chi connectivity index (χ3n) is 3.32. The molecule has 1 aromatic carbocycles. The van der Waals surface area contributed by atoms with Crippen LogP contribution >= 0.6 is 0 Å². The Kier molecular flexibility index (Phi) is 4.61. The van der Waals surface area contributed by atoms with Crippen LogP contribution in [0.15, 0.2) is 24.3 Å². The number of amides is 2. The van der Waals surface area contributed by atoms with E-state index in [0.29, 0.717) is 38.1 Å². The van der Waals surface area contributed by atoms with Crippen molar-refractivity contribution >= 4 is 17.5 Å². The molecule has 20 heavy (non-hydrogen) atoms. The van der Waals surface area contributed by atoms with Gasteiger partial charge in [0, 0.05) is 25.1 Å². The van der Waals surface area contributed by atoms with Crippen LogP contribution in [-0.2, 0) is 9.59 Å². The van der Waals surface area contributed by atoms with Gasteiger partial charge in [0.1, 0.15) is 5.75 Å². The van der Waals surface area contributed by atoms with Crippen molar-refractivity contribution < 1.29 is 14.3 Å². The van der Waals surface area contributed by atoms with E-state index < -0.39 is 0 Å². The first-order valence-corrected chi connectivity index (χ1v) is 6.88. The van der Waals surface area contributed by atoms with Gasteiger partial charge >= 0.3 is 0 Å². The maximum Gasteiger partial charge on any atom is 0.229 e. The predicted molar refractivity (Wildman–Crippen MR) is 76.1 cm³/mol. The van der Waals surface area contributed by atoms with E-state index in [2.05, 4.69) is 0 Å². The number of carbonyl (C=O) groups is 2. The average molecular weight is 276 g/mol. The molecule has 0 radical (unpaired) electrons. The monoisotopic (exact) mass is 276 g/mol. The molecular formula is C15H20N2O3. The highest BCUT2D eigenvalue weighted by molar-refractivity contribution is 5.97. The predicted octanol–water partition coefficient (Wildman–Crippen LogP) is 1.82. The first kappa shape index (κ1) is 14.4. The molecule has 1 aliphatic heterocycles. The Balaban J connectivity index is 1.74. The van der Waals surface area contributed by atoms with Crippen molar-refractivity contribution in [3.05, 3.63) is 24.3 Å². The standard InChI is InChI=1S/C15H20N2O3/c1-11-9-14(18)17(15(19)10-11)7-2-8-20-13-5-3-12(16)4-6-13/h3-6,11H,2,7-10,16H2,1H3. The maximum absolute atomic E-state index is 11.8. The Morgan fingerprint density at radius 1 is 1.20 bits per heavy atom. The van der Waals surface area contributed by atoms with Gasteiger partial charge in [0.25, 0.3) is 0 Å². The molecule has 1 fully saturated rings. The number of nitrogens with two attached hydrogens (primary N) is 1. The van der Waals surface area contributed by atoms with Gasteiger partial charge in [-0.05, 0) is 36.6 Å². The van der Waals surface area contributed by atoms with Gasteiger partial charge in [-0.2, -0.15) is 0 Å². The van der Waals surface area contributed by atoms with Crippen molar-refractivity contribution in [1.29, 1.82) is 0 Å². The Morgan fingerprint density at radius 2 is 1.80 bits per heavy atom. The molecule has 1 aliphatic rings. The molecule has 5 heteroatoms. The molecule has 1 aromatic rings. The number of anilines is 1. The van der Waals surface area contributed by atoms with E-state index in [0.717, 1.165) is 5.75 Å². The Bertz CT molecular complexity index is 466. The van der Waals surface area contributed by atoms with Gasteiger partial charge in [-0.1, -0.05) is 6.92 Å². The minimum Gasteiger partial charge on any atom is -0.494 e. The molecule has 108 valence electrons. The van der Waals surface area contributed by atoms with E-state index in [4.69, 9.17) is 10.5 Å². The number of benzene rings is 1. The van der Waals surface area contributed by atoms with Crippen LogP contribution in [0.5, 0.6) is 5.75 Å². The van der Waals surface area contributed by atoms with Gasteiger partial charge in [0.05, 0.1) is 6.61 Å². The summed E-state index contributed by atoms with van der Waals surface area (Å²) in [6, 6.07) is 7.14. The lowest BCUT2D eigenvalue weighted by atomic mass is 9.98. The molecular weight excluding hydrogens is 256 g/mol. The van der Waals surface area contributed by atoms with E-state index in [1.807, 2.05) is 6.92 Å². The van der Waals surface area contributed by atoms with Crippen molar-refractivity contribution in [3.8, 4) is 5.75 Å². The number of hydrogen-bond donors (Lipinski definition) is 1. The number of rotatable bonds is 5. The van der Waals surface area contributed by atoms with Gasteiger partial charge in [0.2, 0.25) is 11.8 Å². The second-order valence-electron chi connectivity index (χ2n) is 5.22. The summed E-state index contributed by atoms with van der Waals surface area (Å²) >= 11 is 0. The lowest BCUT2D eigenvalue weighted by molar-refractivity contribution is -0.149. The molecule has 0 saturated carbocycles. The van der Waals surface area contributed by atoms with E-state index in [1.165, 1.54) is 4.90 Å². The molecule has 1 heterocycles. The molecule has 0 aliphatic carbocycles. The Labute approximate surface area is 118 Å². The second-order valence-corrected chi connectivity index (χ2v) is 5.22. The van der Waals surface area contributed by atoms with Crippen molar-refractivity contribution in [2.24, 2.45) is 5.92 Å². The smallest absolute Gasteiger partial charge is 0.229 e. The molecule has 2 amide bonds. The lowest BCUT2D eigenvalue weighted by Gasteiger charge is -2.28. The van der Waals surface area contributed by atoms with Crippen LogP contribution in [0.4, 0.5) is 5.69 Å². The summed E-state index contributed by atoms with van der Waals surface area (Å²) < 4.78 is 5.54. The topological polar surface area (TPSA) is 72.6 Å². The fourth-order valence-corrected chi connectivity index (χ4v) is 2.25. The molecule has 1 saturated heterocycles. The van der Waals surface area contributed by atoms with Crippen molar-refractivity contribution in [2.75, 3.05) is 18.9 Å². The van der Waals surface area contributed by atoms with Gasteiger partial charge < -0.3 is 10.5 Å². The Hall–Kier alpha value is -2.04. The van der Waals surface area contributed by atoms with Crippen molar-refractivity contribution in [3.63, 3.8) is 0 Å². The highest BCUT2D eigenvalue weighted by Crippen LogP contribution is 2.19. The fourth-order valence-electron chi connectivity index (χ4n) is 2.25. The SMILES string of the molecule is CC1CC(=O)N(CCCOc2ccc(N)cc2)C(=O)C1. The number of nitrogens with zero attached hydrogens (tertiary/aromatic N) is 1. The lowest BCUT2D eigenvalue weighted by Crippen LogP contribution is -2.43. The molecule has 5 nitrogen and oxygen atoms in total. The van der Waals surface area contributed by atoms with Crippen LogP contribution in [0.2, 0.25) is 0 Å². The zero-order valence-electron chi connectivity index (χ0n) is 11.7. The minimum atomic E-state index is -0.0683. The normalized spacial score (nSPS) is 16.6. The number of likely N-dealkylation sites (tertiary alicyclic amines) is 1. The number of hydrogen-bond acceptors (Lipinski definition) is 4. The number of piperidine rings is 1. The molecule has 0 atom stereocenters. The molecule has 0 unspecified atom stereocenters. The van der Waals surface area contributed by atoms with E-state index >= 15 is 0 Å². The number of imide groups is 1. The second kappa shape index (κ2) is 6.41. The third-order valence-corrected chi connectivity index (χ3v) is 3.32. The molecule has 0 bridgehead atoms. The molecule has 2 N–H and O–H groups in total. The average Bonchev–Trinajstić information content (AvgIpc) is 2.39. The van der Waals surface area contributed by atoms with Crippen molar-refractivity contribution in [1.82, 2.24) is 4.90 Å². The van der Waals surface area contributed by atoms with E-state index in [1.54, 1.807) is 24.3 Å². The first-order chi connectivity index (χ1) is 9.56. The maximum atomic E-state index is 11.8. The molecule has 0 spiro atoms. The summed E-state index contributed by atoms with van der Waals surface area (Å²) in [5, 5.41) is 0. The summed E-state index contributed by atoms with van der Waals surface area (Å²) in [5.74, 6) is 0.767. The van der Waals surface area contributed by atoms with Crippen LogP contribution in [0.1, 0.15) is 26.2 Å². The van der Waals surface area contributed by atoms with Crippen LogP contribution in [0.3, 0.4) is 0 Å². The summed E-state index contributed by atoms with van der Waals surface area (Å²) in [5.41, 5.74) is 6.27. The quantitative estimate of drug-likeness (QED) is 0.506. The first-order valence-electron chi connectivity index (χ1n) is 6.88. The highest BCUT2D eigenvalue weighted by atomic mass is 16.5. The number of ether oxygens (including phenoxy) is 1. The van der Waals surface area contributed by atoms with Gasteiger partial charge in [-0.3, -0.25) is 14.5 Å². The fraction of sp³-hybridized carbons (Fsp3) is 0.467. The zero-order chi connectivity index (χ0) is 14.5. The van der Waals surface area contributed by atoms with Crippen LogP contribution in [0, 0.1) is 5.92 Å². The van der Waals surface area contributed by atoms with Crippen LogP contribution in [-0.4, -0.2) is 29.9 Å². The summed E-state index contributed by atoms with van der Waals surface area (Å²) in [6.07, 6.45) is 1.56. The minimum absolute atomic E-state index is 0.0683. The third kappa shape index (κ3) is 3.73. The van der Waals surface area contributed by atoms with E-state index in [9.17, 15) is 9.59 Å². The van der Waals surface area contributed by atoms with Gasteiger partial charge in [-0.15, -0.1) is 0 Å². The summed E-state index contributed by atoms with van der Waals surface area (Å²) in [6.45, 7) is 2.83. The van der Waals surface area contributed by atoms with Crippen LogP contribution in [0.25, 0.3) is 0 Å². The van der Waals surface area contributed by atoms with Crippen molar-refractivity contribution in [2.45, 2.75) is 26.2 Å². The number of nitrogen functional groups attached to an aromatic ring is 1. The van der Waals surface area contributed by atoms with E-state index in [-0.39, 0.29) is 17.7 Å². The Morgan fingerprint density at radius 3 is 2.40 bits per heavy atom. The molecule has 0 aromatic heterocycles. The van der Waals surface area contributed by atoms with Gasteiger partial charge in [-0.25, -0.2) is 0 Å². The largest absolute Gasteiger partial charge is 0.494 e. The van der Waals surface area contributed by atoms with Crippen LogP contribution < -0.4 is 10.5 Å². The van der Waals surface area contributed by atoms with Gasteiger partial charge in [0.15, 0.2) is 0 Å². The zero-order valence-corrected chi connectivity index (χ0v) is 11.7. The summed E-state index contributed by atoms with van der Waals surface area (Å²) in [7, 11) is 0. The summed E-state index contributed by atoms with van der Waals surface area (Å²) in [4.78, 5) is 24.9. The number of carbonyl (C=O) groups excluding carboxylic acids is 2. The highest BCUT2D eigenvalue weighted by Gasteiger charge is 2.29.